The fourth-order valence-corrected chi connectivity index (χ4v) is 3.61. The molecule has 7 heteroatoms. The average Bonchev–Trinajstić information content (AvgIpc) is 2.74. The van der Waals surface area contributed by atoms with E-state index in [4.69, 9.17) is 4.74 Å². The second-order valence-corrected chi connectivity index (χ2v) is 8.04. The molecule has 0 bridgehead atoms. The first-order valence-corrected chi connectivity index (χ1v) is 10.4. The number of aliphatic hydroxyl groups excluding tert-OH is 1. The molecule has 7 nitrogen and oxygen atoms in total. The maximum atomic E-state index is 12.3. The Morgan fingerprint density at radius 3 is 2.63 bits per heavy atom. The van der Waals surface area contributed by atoms with Gasteiger partial charge in [0.25, 0.3) is 5.56 Å². The summed E-state index contributed by atoms with van der Waals surface area (Å²) in [5.74, 6) is 1.41. The molecule has 1 aromatic heterocycles. The largest absolute Gasteiger partial charge is 0.465 e. The second-order valence-electron chi connectivity index (χ2n) is 8.04. The average molecular weight is 409 g/mol. The van der Waals surface area contributed by atoms with E-state index in [1.54, 1.807) is 6.07 Å². The summed E-state index contributed by atoms with van der Waals surface area (Å²) in [6.45, 7) is 7.95. The van der Waals surface area contributed by atoms with Crippen molar-refractivity contribution in [2.45, 2.75) is 26.7 Å². The molecule has 1 fully saturated rings. The normalized spacial score (nSPS) is 16.2. The molecule has 2 aromatic carbocycles. The van der Waals surface area contributed by atoms with Crippen LogP contribution in [-0.4, -0.2) is 52.4 Å². The molecule has 0 saturated carbocycles. The number of ether oxygens (including phenoxy) is 1. The third kappa shape index (κ3) is 4.63. The number of anilines is 1. The lowest BCUT2D eigenvalue weighted by Crippen LogP contribution is -2.46. The van der Waals surface area contributed by atoms with Crippen LogP contribution in [0.4, 0.5) is 5.69 Å². The van der Waals surface area contributed by atoms with Crippen molar-refractivity contribution in [3.63, 3.8) is 0 Å². The molecule has 1 unspecified atom stereocenters. The van der Waals surface area contributed by atoms with Crippen molar-refractivity contribution in [3.8, 4) is 5.75 Å². The highest BCUT2D eigenvalue weighted by molar-refractivity contribution is 5.77. The highest BCUT2D eigenvalue weighted by Crippen LogP contribution is 2.24. The molecule has 2 N–H and O–H groups in total. The molecule has 0 aliphatic carbocycles. The monoisotopic (exact) mass is 408 g/mol. The zero-order valence-corrected chi connectivity index (χ0v) is 17.4. The molecule has 0 spiro atoms. The van der Waals surface area contributed by atoms with Crippen molar-refractivity contribution in [2.75, 3.05) is 31.1 Å². The smallest absolute Gasteiger partial charge is 0.258 e. The molecule has 1 saturated heterocycles. The van der Waals surface area contributed by atoms with Crippen LogP contribution in [0.25, 0.3) is 10.9 Å². The fraction of sp³-hybridized carbons (Fsp3) is 0.391. The Morgan fingerprint density at radius 1 is 1.10 bits per heavy atom. The van der Waals surface area contributed by atoms with Gasteiger partial charge in [-0.05, 0) is 24.3 Å². The number of aliphatic hydroxyl groups is 1. The quantitative estimate of drug-likeness (QED) is 0.610. The number of nitrogens with zero attached hydrogens (tertiary/aromatic N) is 3. The van der Waals surface area contributed by atoms with Gasteiger partial charge < -0.3 is 19.7 Å². The van der Waals surface area contributed by atoms with Gasteiger partial charge in [-0.15, -0.1) is 0 Å². The highest BCUT2D eigenvalue weighted by atomic mass is 16.6. The second kappa shape index (κ2) is 8.85. The van der Waals surface area contributed by atoms with Crippen molar-refractivity contribution in [1.82, 2.24) is 14.9 Å². The summed E-state index contributed by atoms with van der Waals surface area (Å²) < 4.78 is 5.63. The van der Waals surface area contributed by atoms with Crippen LogP contribution in [-0.2, 0) is 6.54 Å². The fourth-order valence-electron chi connectivity index (χ4n) is 3.61. The third-order valence-electron chi connectivity index (χ3n) is 5.42. The number of hydrogen-bond donors (Lipinski definition) is 2. The van der Waals surface area contributed by atoms with Crippen LogP contribution < -0.4 is 15.2 Å². The lowest BCUT2D eigenvalue weighted by molar-refractivity contribution is -0.0515. The molecule has 1 aliphatic rings. The number of nitrogens with one attached hydrogen (secondary N) is 1. The Kier molecular flexibility index (Phi) is 6.01. The van der Waals surface area contributed by atoms with E-state index in [1.165, 1.54) is 0 Å². The van der Waals surface area contributed by atoms with E-state index < -0.39 is 6.29 Å². The minimum atomic E-state index is -0.811. The van der Waals surface area contributed by atoms with Gasteiger partial charge in [0.05, 0.1) is 17.4 Å². The van der Waals surface area contributed by atoms with E-state index >= 15 is 0 Å². The molecule has 158 valence electrons. The Morgan fingerprint density at radius 2 is 1.87 bits per heavy atom. The van der Waals surface area contributed by atoms with E-state index in [0.717, 1.165) is 37.4 Å². The van der Waals surface area contributed by atoms with Crippen LogP contribution in [0.1, 0.15) is 19.7 Å². The number of piperazine rings is 1. The summed E-state index contributed by atoms with van der Waals surface area (Å²) in [5, 5.41) is 10.6. The first-order valence-electron chi connectivity index (χ1n) is 10.4. The molecule has 1 aliphatic heterocycles. The molecular formula is C23H28N4O3. The number of aromatic amines is 1. The number of rotatable bonds is 6. The van der Waals surface area contributed by atoms with Crippen LogP contribution >= 0.6 is 0 Å². The summed E-state index contributed by atoms with van der Waals surface area (Å²) in [4.78, 5) is 24.4. The van der Waals surface area contributed by atoms with Gasteiger partial charge in [0.2, 0.25) is 0 Å². The first-order chi connectivity index (χ1) is 14.5. The number of aromatic nitrogens is 2. The highest BCUT2D eigenvalue weighted by Gasteiger charge is 2.19. The molecule has 3 aromatic rings. The zero-order valence-electron chi connectivity index (χ0n) is 17.4. The summed E-state index contributed by atoms with van der Waals surface area (Å²) in [7, 11) is 0. The number of H-pyrrole nitrogens is 1. The van der Waals surface area contributed by atoms with Gasteiger partial charge in [0.1, 0.15) is 11.6 Å². The van der Waals surface area contributed by atoms with Gasteiger partial charge >= 0.3 is 0 Å². The summed E-state index contributed by atoms with van der Waals surface area (Å²) in [5.41, 5.74) is 1.73. The van der Waals surface area contributed by atoms with E-state index in [0.29, 0.717) is 23.5 Å². The van der Waals surface area contributed by atoms with E-state index in [2.05, 4.69) is 25.8 Å². The summed E-state index contributed by atoms with van der Waals surface area (Å²) in [6, 6.07) is 15.3. The zero-order chi connectivity index (χ0) is 21.1. The van der Waals surface area contributed by atoms with Crippen molar-refractivity contribution in [1.29, 1.82) is 0 Å². The van der Waals surface area contributed by atoms with Gasteiger partial charge in [-0.3, -0.25) is 9.69 Å². The predicted molar refractivity (Wildman–Crippen MR) is 118 cm³/mol. The third-order valence-corrected chi connectivity index (χ3v) is 5.42. The maximum absolute atomic E-state index is 12.3. The number of hydrogen-bond acceptors (Lipinski definition) is 6. The SMILES string of the molecule is CC(C)C(O)Oc1cccc(N2CCN(Cc3nc4ccccc4c(=O)[nH]3)CC2)c1. The minimum absolute atomic E-state index is 0.0346. The lowest BCUT2D eigenvalue weighted by atomic mass is 10.2. The molecule has 1 atom stereocenters. The van der Waals surface area contributed by atoms with Crippen molar-refractivity contribution in [2.24, 2.45) is 5.92 Å². The molecule has 30 heavy (non-hydrogen) atoms. The van der Waals surface area contributed by atoms with Crippen LogP contribution in [0.15, 0.2) is 53.3 Å². The maximum Gasteiger partial charge on any atom is 0.258 e. The molecular weight excluding hydrogens is 380 g/mol. The van der Waals surface area contributed by atoms with Gasteiger partial charge in [0, 0.05) is 43.9 Å². The Hall–Kier alpha value is -2.90. The lowest BCUT2D eigenvalue weighted by Gasteiger charge is -2.36. The van der Waals surface area contributed by atoms with Crippen LogP contribution in [0.5, 0.6) is 5.75 Å². The van der Waals surface area contributed by atoms with Crippen molar-refractivity contribution >= 4 is 16.6 Å². The summed E-state index contributed by atoms with van der Waals surface area (Å²) >= 11 is 0. The van der Waals surface area contributed by atoms with Crippen molar-refractivity contribution < 1.29 is 9.84 Å². The molecule has 0 radical (unpaired) electrons. The Balaban J connectivity index is 1.38. The molecule has 2 heterocycles. The molecule has 0 amide bonds. The Labute approximate surface area is 175 Å². The first kappa shape index (κ1) is 20.4. The number of para-hydroxylation sites is 1. The standard InChI is InChI=1S/C23H28N4O3/c1-16(2)23(29)30-18-7-5-6-17(14-18)27-12-10-26(11-13-27)15-21-24-20-9-4-3-8-19(20)22(28)25-21/h3-9,14,16,23,29H,10-13,15H2,1-2H3,(H,24,25,28). The van der Waals surface area contributed by atoms with E-state index in [-0.39, 0.29) is 11.5 Å². The van der Waals surface area contributed by atoms with Crippen LogP contribution in [0.3, 0.4) is 0 Å². The van der Waals surface area contributed by atoms with Gasteiger partial charge in [-0.1, -0.05) is 32.0 Å². The molecule has 4 rings (SSSR count). The number of benzene rings is 2. The predicted octanol–water partition coefficient (Wildman–Crippen LogP) is 2.60. The van der Waals surface area contributed by atoms with E-state index in [1.807, 2.05) is 50.2 Å². The van der Waals surface area contributed by atoms with Gasteiger partial charge in [-0.2, -0.15) is 0 Å². The van der Waals surface area contributed by atoms with Crippen LogP contribution in [0, 0.1) is 5.92 Å². The van der Waals surface area contributed by atoms with Crippen molar-refractivity contribution in [3.05, 3.63) is 64.7 Å². The number of fused-ring (bicyclic) bond motifs is 1. The van der Waals surface area contributed by atoms with E-state index in [9.17, 15) is 9.90 Å². The Bertz CT molecular complexity index is 1060. The van der Waals surface area contributed by atoms with Gasteiger partial charge in [0.15, 0.2) is 6.29 Å². The van der Waals surface area contributed by atoms with Crippen LogP contribution in [0.2, 0.25) is 0 Å². The van der Waals surface area contributed by atoms with Gasteiger partial charge in [-0.25, -0.2) is 4.98 Å². The minimum Gasteiger partial charge on any atom is -0.465 e. The topological polar surface area (TPSA) is 81.7 Å². The summed E-state index contributed by atoms with van der Waals surface area (Å²) in [6.07, 6.45) is -0.811.